The predicted molar refractivity (Wildman–Crippen MR) is 134 cm³/mol. The maximum Gasteiger partial charge on any atom is 0.277 e. The van der Waals surface area contributed by atoms with E-state index in [4.69, 9.17) is 16.4 Å². The van der Waals surface area contributed by atoms with Crippen LogP contribution in [-0.4, -0.2) is 46.9 Å². The van der Waals surface area contributed by atoms with Crippen LogP contribution >= 0.6 is 11.6 Å². The molecule has 0 saturated heterocycles. The summed E-state index contributed by atoms with van der Waals surface area (Å²) >= 11 is 6.07. The van der Waals surface area contributed by atoms with Crippen molar-refractivity contribution in [2.75, 3.05) is 25.6 Å². The third-order valence-corrected chi connectivity index (χ3v) is 6.54. The lowest BCUT2D eigenvalue weighted by molar-refractivity contribution is 0.0271. The molecular weight excluding hydrogens is 473 g/mol. The number of amides is 1. The first-order chi connectivity index (χ1) is 16.9. The first-order valence-electron chi connectivity index (χ1n) is 11.8. The second kappa shape index (κ2) is 11.3. The number of hydroxylamine groups is 1. The molecule has 0 bridgehead atoms. The van der Waals surface area contributed by atoms with Crippen molar-refractivity contribution in [1.29, 1.82) is 0 Å². The summed E-state index contributed by atoms with van der Waals surface area (Å²) in [6, 6.07) is 6.83. The van der Waals surface area contributed by atoms with Crippen molar-refractivity contribution in [3.8, 4) is 0 Å². The number of hydrogen-bond donors (Lipinski definition) is 4. The van der Waals surface area contributed by atoms with E-state index in [1.165, 1.54) is 0 Å². The van der Waals surface area contributed by atoms with E-state index in [9.17, 15) is 9.90 Å². The number of aromatic nitrogens is 2. The van der Waals surface area contributed by atoms with Crippen molar-refractivity contribution >= 4 is 39.9 Å². The zero-order valence-electron chi connectivity index (χ0n) is 19.9. The molecule has 1 aliphatic rings. The van der Waals surface area contributed by atoms with Crippen molar-refractivity contribution in [3.63, 3.8) is 0 Å². The number of carbonyl (C=O) groups is 1. The molecule has 1 saturated carbocycles. The summed E-state index contributed by atoms with van der Waals surface area (Å²) in [7, 11) is 1.80. The highest BCUT2D eigenvalue weighted by Crippen LogP contribution is 2.33. The van der Waals surface area contributed by atoms with Gasteiger partial charge < -0.3 is 20.3 Å². The number of aliphatic hydroxyl groups is 1. The van der Waals surface area contributed by atoms with Gasteiger partial charge in [0.25, 0.3) is 5.91 Å². The van der Waals surface area contributed by atoms with Gasteiger partial charge in [0, 0.05) is 23.3 Å². The number of hydrogen-bond acceptors (Lipinski definition) is 6. The van der Waals surface area contributed by atoms with Gasteiger partial charge >= 0.3 is 0 Å². The van der Waals surface area contributed by atoms with Crippen LogP contribution in [0.2, 0.25) is 5.02 Å². The number of likely N-dealkylation sites (N-methyl/N-ethyl adjacent to an activating group) is 1. The molecule has 35 heavy (non-hydrogen) atoms. The molecule has 4 rings (SSSR count). The summed E-state index contributed by atoms with van der Waals surface area (Å²) in [4.78, 5) is 22.7. The van der Waals surface area contributed by atoms with E-state index < -0.39 is 11.7 Å². The van der Waals surface area contributed by atoms with E-state index in [0.29, 0.717) is 35.3 Å². The Labute approximate surface area is 208 Å². The van der Waals surface area contributed by atoms with Crippen LogP contribution in [-0.2, 0) is 11.4 Å². The van der Waals surface area contributed by atoms with Gasteiger partial charge in [-0.1, -0.05) is 11.6 Å². The van der Waals surface area contributed by atoms with Crippen LogP contribution in [0, 0.1) is 18.7 Å². The number of nitrogens with one attached hydrogen (secondary N) is 3. The number of fused-ring (bicyclic) bond motifs is 1. The number of aliphatic hydroxyl groups excluding tert-OH is 1. The molecule has 0 radical (unpaired) electrons. The standard InChI is InChI=1S/C25H31ClFN5O3/c1-15-10-17(26)7-8-20(15)30-23-19(25(34)31-35-13-16-5-6-16)11-21-24(22(23)27)29-14-32(21)9-3-4-18(12-33)28-2/h7-8,10-11,14,16,18,28,30,33H,3-6,9,12-13H2,1-2H3,(H,31,34). The molecule has 1 unspecified atom stereocenters. The maximum atomic E-state index is 15.8. The van der Waals surface area contributed by atoms with Crippen molar-refractivity contribution in [3.05, 3.63) is 52.6 Å². The predicted octanol–water partition coefficient (Wildman–Crippen LogP) is 4.31. The van der Waals surface area contributed by atoms with Gasteiger partial charge in [0.05, 0.1) is 36.3 Å². The van der Waals surface area contributed by atoms with E-state index in [0.717, 1.165) is 31.2 Å². The Kier molecular flexibility index (Phi) is 8.22. The van der Waals surface area contributed by atoms with Crippen LogP contribution in [0.15, 0.2) is 30.6 Å². The SMILES string of the molecule is CNC(CO)CCCn1cnc2c(F)c(Nc3ccc(Cl)cc3C)c(C(=O)NOCC3CC3)cc21. The van der Waals surface area contributed by atoms with Crippen LogP contribution < -0.4 is 16.1 Å². The Bertz CT molecular complexity index is 1190. The van der Waals surface area contributed by atoms with Gasteiger partial charge in [0.2, 0.25) is 0 Å². The van der Waals surface area contributed by atoms with Crippen LogP contribution in [0.4, 0.5) is 15.8 Å². The fourth-order valence-corrected chi connectivity index (χ4v) is 4.17. The normalized spacial score (nSPS) is 14.3. The van der Waals surface area contributed by atoms with Crippen molar-refractivity contribution in [2.45, 2.75) is 45.2 Å². The monoisotopic (exact) mass is 503 g/mol. The highest BCUT2D eigenvalue weighted by molar-refractivity contribution is 6.30. The largest absolute Gasteiger partial charge is 0.395 e. The lowest BCUT2D eigenvalue weighted by Gasteiger charge is -2.16. The van der Waals surface area contributed by atoms with Crippen molar-refractivity contribution in [1.82, 2.24) is 20.3 Å². The zero-order valence-corrected chi connectivity index (χ0v) is 20.7. The average Bonchev–Trinajstić information content (AvgIpc) is 3.58. The minimum atomic E-state index is -0.619. The molecule has 3 aromatic rings. The number of halogens is 2. The molecule has 1 atom stereocenters. The molecular formula is C25H31ClFN5O3. The maximum absolute atomic E-state index is 15.8. The summed E-state index contributed by atoms with van der Waals surface area (Å²) in [5.41, 5.74) is 4.72. The quantitative estimate of drug-likeness (QED) is 0.275. The van der Waals surface area contributed by atoms with Crippen LogP contribution in [0.1, 0.15) is 41.6 Å². The minimum absolute atomic E-state index is 0.00936. The number of anilines is 2. The molecule has 0 aliphatic heterocycles. The molecule has 10 heteroatoms. The molecule has 4 N–H and O–H groups in total. The van der Waals surface area contributed by atoms with Gasteiger partial charge in [-0.25, -0.2) is 14.9 Å². The summed E-state index contributed by atoms with van der Waals surface area (Å²) in [5.74, 6) is -0.694. The molecule has 1 fully saturated rings. The van der Waals surface area contributed by atoms with Gasteiger partial charge in [-0.3, -0.25) is 9.63 Å². The van der Waals surface area contributed by atoms with Gasteiger partial charge in [-0.15, -0.1) is 0 Å². The van der Waals surface area contributed by atoms with E-state index >= 15 is 4.39 Å². The molecule has 188 valence electrons. The van der Waals surface area contributed by atoms with E-state index in [-0.39, 0.29) is 29.4 Å². The number of nitrogens with zero attached hydrogens (tertiary/aromatic N) is 2. The fraction of sp³-hybridized carbons (Fsp3) is 0.440. The molecule has 1 heterocycles. The van der Waals surface area contributed by atoms with Crippen LogP contribution in [0.5, 0.6) is 0 Å². The first-order valence-corrected chi connectivity index (χ1v) is 12.2. The Morgan fingerprint density at radius 1 is 1.37 bits per heavy atom. The molecule has 0 spiro atoms. The third kappa shape index (κ3) is 6.10. The van der Waals surface area contributed by atoms with Gasteiger partial charge in [0.15, 0.2) is 5.82 Å². The Morgan fingerprint density at radius 3 is 2.86 bits per heavy atom. The number of carbonyl (C=O) groups excluding carboxylic acids is 1. The molecule has 1 aromatic heterocycles. The Hall–Kier alpha value is -2.72. The number of imidazole rings is 1. The van der Waals surface area contributed by atoms with E-state index in [1.807, 2.05) is 11.5 Å². The van der Waals surface area contributed by atoms with Crippen LogP contribution in [0.25, 0.3) is 11.0 Å². The molecule has 1 aliphatic carbocycles. The third-order valence-electron chi connectivity index (χ3n) is 6.31. The van der Waals surface area contributed by atoms with Gasteiger partial charge in [-0.2, -0.15) is 0 Å². The summed E-state index contributed by atoms with van der Waals surface area (Å²) in [5, 5.41) is 16.1. The summed E-state index contributed by atoms with van der Waals surface area (Å²) in [6.07, 6.45) is 5.23. The number of benzene rings is 2. The van der Waals surface area contributed by atoms with E-state index in [2.05, 4.69) is 21.1 Å². The van der Waals surface area contributed by atoms with Crippen LogP contribution in [0.3, 0.4) is 0 Å². The summed E-state index contributed by atoms with van der Waals surface area (Å²) in [6.45, 7) is 2.89. The van der Waals surface area contributed by atoms with Gasteiger partial charge in [0.1, 0.15) is 5.52 Å². The van der Waals surface area contributed by atoms with Crippen molar-refractivity contribution in [2.24, 2.45) is 5.92 Å². The second-order valence-corrected chi connectivity index (χ2v) is 9.44. The van der Waals surface area contributed by atoms with Gasteiger partial charge in [-0.05, 0) is 75.4 Å². The second-order valence-electron chi connectivity index (χ2n) is 9.00. The smallest absolute Gasteiger partial charge is 0.277 e. The Morgan fingerprint density at radius 2 is 2.17 bits per heavy atom. The molecule has 1 amide bonds. The minimum Gasteiger partial charge on any atom is -0.395 e. The lowest BCUT2D eigenvalue weighted by Crippen LogP contribution is -2.29. The topological polar surface area (TPSA) is 100 Å². The fourth-order valence-electron chi connectivity index (χ4n) is 3.94. The van der Waals surface area contributed by atoms with Crippen molar-refractivity contribution < 1.29 is 19.1 Å². The zero-order chi connectivity index (χ0) is 24.9. The Balaban J connectivity index is 1.65. The highest BCUT2D eigenvalue weighted by atomic mass is 35.5. The number of aryl methyl sites for hydroxylation is 2. The average molecular weight is 504 g/mol. The molecule has 8 nitrogen and oxygen atoms in total. The first kappa shape index (κ1) is 25.4. The highest BCUT2D eigenvalue weighted by Gasteiger charge is 2.25. The number of rotatable bonds is 12. The molecule has 2 aromatic carbocycles. The van der Waals surface area contributed by atoms with E-state index in [1.54, 1.807) is 37.6 Å². The summed E-state index contributed by atoms with van der Waals surface area (Å²) < 4.78 is 17.6. The lowest BCUT2D eigenvalue weighted by atomic mass is 10.1.